The highest BCUT2D eigenvalue weighted by molar-refractivity contribution is 6.36. The Kier molecular flexibility index (Phi) is 7.74. The van der Waals surface area contributed by atoms with E-state index in [1.807, 2.05) is 7.05 Å². The van der Waals surface area contributed by atoms with Gasteiger partial charge in [0.1, 0.15) is 12.1 Å². The van der Waals surface area contributed by atoms with Gasteiger partial charge in [-0.15, -0.1) is 0 Å². The number of carbonyl (C=O) groups is 1. The lowest BCUT2D eigenvalue weighted by Gasteiger charge is -2.39. The minimum Gasteiger partial charge on any atom is -0.465 e. The van der Waals surface area contributed by atoms with E-state index in [9.17, 15) is 27.9 Å². The smallest absolute Gasteiger partial charge is 0.450 e. The molecule has 0 bridgehead atoms. The lowest BCUT2D eigenvalue weighted by Crippen LogP contribution is -2.53. The first kappa shape index (κ1) is 29.9. The average Bonchev–Trinajstić information content (AvgIpc) is 3.39. The number of likely N-dealkylation sites (N-methyl/N-ethyl adjacent to an activating group) is 1. The topological polar surface area (TPSA) is 117 Å². The molecule has 2 saturated heterocycles. The van der Waals surface area contributed by atoms with Crippen molar-refractivity contribution in [1.82, 2.24) is 29.3 Å². The van der Waals surface area contributed by atoms with Gasteiger partial charge in [0.15, 0.2) is 11.3 Å². The van der Waals surface area contributed by atoms with Crippen LogP contribution in [-0.2, 0) is 6.18 Å². The van der Waals surface area contributed by atoms with Crippen molar-refractivity contribution in [3.63, 3.8) is 0 Å². The zero-order chi connectivity index (χ0) is 31.3. The number of amides is 1. The fourth-order valence-electron chi connectivity index (χ4n) is 5.98. The van der Waals surface area contributed by atoms with E-state index >= 15 is 0 Å². The molecule has 2 aliphatic rings. The number of piperazine rings is 1. The molecule has 44 heavy (non-hydrogen) atoms. The van der Waals surface area contributed by atoms with E-state index in [2.05, 4.69) is 19.9 Å². The molecule has 15 heteroatoms. The van der Waals surface area contributed by atoms with Crippen LogP contribution in [0.15, 0.2) is 41.2 Å². The molecule has 2 atom stereocenters. The molecular formula is C29H29ClF3N7O4. The molecule has 2 fully saturated rings. The number of hydrogen-bond donors (Lipinski definition) is 1. The number of alkyl halides is 3. The molecule has 11 nitrogen and oxygen atoms in total. The van der Waals surface area contributed by atoms with Crippen LogP contribution >= 0.6 is 11.6 Å². The quantitative estimate of drug-likeness (QED) is 0.336. The van der Waals surface area contributed by atoms with E-state index in [4.69, 9.17) is 16.3 Å². The normalized spacial score (nSPS) is 19.7. The minimum absolute atomic E-state index is 0.0342. The van der Waals surface area contributed by atoms with Crippen molar-refractivity contribution in [2.45, 2.75) is 38.0 Å². The third-order valence-corrected chi connectivity index (χ3v) is 8.57. The van der Waals surface area contributed by atoms with Gasteiger partial charge in [-0.25, -0.2) is 9.78 Å². The number of carboxylic acid groups (broad SMARTS) is 1. The molecule has 2 aromatic carbocycles. The second kappa shape index (κ2) is 11.4. The maximum absolute atomic E-state index is 14.7. The Bertz CT molecular complexity index is 1810. The summed E-state index contributed by atoms with van der Waals surface area (Å²) in [6.07, 6.45) is -4.29. The van der Waals surface area contributed by atoms with Crippen molar-refractivity contribution < 1.29 is 27.8 Å². The summed E-state index contributed by atoms with van der Waals surface area (Å²) in [6, 6.07) is 8.87. The zero-order valence-electron chi connectivity index (χ0n) is 23.9. The lowest BCUT2D eigenvalue weighted by molar-refractivity contribution is -0.146. The maximum Gasteiger partial charge on any atom is 0.450 e. The first-order valence-electron chi connectivity index (χ1n) is 14.1. The van der Waals surface area contributed by atoms with Crippen molar-refractivity contribution in [1.29, 1.82) is 0 Å². The van der Waals surface area contributed by atoms with Crippen molar-refractivity contribution in [3.8, 4) is 11.7 Å². The van der Waals surface area contributed by atoms with Crippen molar-refractivity contribution >= 4 is 45.3 Å². The predicted molar refractivity (Wildman–Crippen MR) is 158 cm³/mol. The number of anilines is 1. The SMILES string of the molecule is C[C@H]1CN(C(=O)O)CCN1c1nc(OC[C@@H]2CCCN2C)nc2c(=O)n(-c3cccc4cccc(Cl)c34)c(C(F)(F)F)nc12. The van der Waals surface area contributed by atoms with Gasteiger partial charge in [-0.2, -0.15) is 23.1 Å². The Labute approximate surface area is 254 Å². The Hall–Kier alpha value is -4.17. The summed E-state index contributed by atoms with van der Waals surface area (Å²) < 4.78 is 50.7. The minimum atomic E-state index is -5.05. The largest absolute Gasteiger partial charge is 0.465 e. The highest BCUT2D eigenvalue weighted by Gasteiger charge is 2.40. The van der Waals surface area contributed by atoms with Gasteiger partial charge in [-0.1, -0.05) is 35.9 Å². The summed E-state index contributed by atoms with van der Waals surface area (Å²) in [5.41, 5.74) is -1.89. The molecule has 2 aromatic heterocycles. The van der Waals surface area contributed by atoms with Crippen LogP contribution in [0, 0.1) is 0 Å². The maximum atomic E-state index is 14.7. The Balaban J connectivity index is 1.59. The van der Waals surface area contributed by atoms with E-state index in [0.29, 0.717) is 9.95 Å². The summed E-state index contributed by atoms with van der Waals surface area (Å²) in [7, 11) is 1.97. The second-order valence-electron chi connectivity index (χ2n) is 11.1. The number of fused-ring (bicyclic) bond motifs is 2. The molecule has 4 aromatic rings. The van der Waals surface area contributed by atoms with Crippen LogP contribution in [0.3, 0.4) is 0 Å². The van der Waals surface area contributed by atoms with E-state index < -0.39 is 29.7 Å². The summed E-state index contributed by atoms with van der Waals surface area (Å²) in [5.74, 6) is -1.50. The molecule has 0 radical (unpaired) electrons. The number of rotatable bonds is 5. The molecule has 1 N–H and O–H groups in total. The zero-order valence-corrected chi connectivity index (χ0v) is 24.6. The molecule has 0 unspecified atom stereocenters. The lowest BCUT2D eigenvalue weighted by atomic mass is 10.1. The summed E-state index contributed by atoms with van der Waals surface area (Å²) in [5, 5.41) is 10.4. The average molecular weight is 632 g/mol. The van der Waals surface area contributed by atoms with E-state index in [1.54, 1.807) is 30.0 Å². The van der Waals surface area contributed by atoms with Crippen LogP contribution in [0.5, 0.6) is 6.01 Å². The van der Waals surface area contributed by atoms with Gasteiger partial charge in [-0.05, 0) is 50.9 Å². The van der Waals surface area contributed by atoms with Crippen molar-refractivity contribution in [2.75, 3.05) is 44.7 Å². The van der Waals surface area contributed by atoms with E-state index in [0.717, 1.165) is 19.4 Å². The number of aromatic nitrogens is 4. The van der Waals surface area contributed by atoms with Gasteiger partial charge in [-0.3, -0.25) is 9.36 Å². The number of hydrogen-bond acceptors (Lipinski definition) is 8. The van der Waals surface area contributed by atoms with Gasteiger partial charge in [0.05, 0.1) is 10.7 Å². The van der Waals surface area contributed by atoms with E-state index in [-0.39, 0.29) is 71.2 Å². The van der Waals surface area contributed by atoms with Crippen LogP contribution < -0.4 is 15.2 Å². The first-order chi connectivity index (χ1) is 20.9. The number of benzene rings is 2. The van der Waals surface area contributed by atoms with Crippen LogP contribution in [0.25, 0.3) is 27.5 Å². The van der Waals surface area contributed by atoms with Gasteiger partial charge < -0.3 is 24.5 Å². The Morgan fingerprint density at radius 1 is 1.09 bits per heavy atom. The summed E-state index contributed by atoms with van der Waals surface area (Å²) in [6.45, 7) is 3.08. The molecule has 1 amide bonds. The molecule has 232 valence electrons. The van der Waals surface area contributed by atoms with Crippen LogP contribution in [-0.4, -0.2) is 92.4 Å². The van der Waals surface area contributed by atoms with Gasteiger partial charge in [0, 0.05) is 37.1 Å². The molecule has 2 aliphatic heterocycles. The summed E-state index contributed by atoms with van der Waals surface area (Å²) >= 11 is 6.45. The monoisotopic (exact) mass is 631 g/mol. The third kappa shape index (κ3) is 5.36. The van der Waals surface area contributed by atoms with Crippen LogP contribution in [0.4, 0.5) is 23.8 Å². The molecule has 4 heterocycles. The fraction of sp³-hybridized carbons (Fsp3) is 0.414. The Morgan fingerprint density at radius 3 is 2.50 bits per heavy atom. The molecule has 0 spiro atoms. The van der Waals surface area contributed by atoms with Crippen molar-refractivity contribution in [2.24, 2.45) is 0 Å². The number of halogens is 4. The molecule has 6 rings (SSSR count). The molecule has 0 saturated carbocycles. The molecular weight excluding hydrogens is 603 g/mol. The predicted octanol–water partition coefficient (Wildman–Crippen LogP) is 4.66. The van der Waals surface area contributed by atoms with Gasteiger partial charge >= 0.3 is 18.3 Å². The summed E-state index contributed by atoms with van der Waals surface area (Å²) in [4.78, 5) is 43.6. The van der Waals surface area contributed by atoms with Gasteiger partial charge in [0.2, 0.25) is 5.82 Å². The fourth-order valence-corrected chi connectivity index (χ4v) is 6.26. The van der Waals surface area contributed by atoms with Crippen LogP contribution in [0.2, 0.25) is 5.02 Å². The Morgan fingerprint density at radius 2 is 1.84 bits per heavy atom. The standard InChI is InChI=1S/C29H29ClF3N7O4/c1-16-14-38(28(42)43)12-13-39(16)24-22-23(35-27(36-24)44-15-18-8-5-11-37(18)2)25(41)40(26(34-22)29(31,32)33)20-10-4-7-17-6-3-9-19(30)21(17)20/h3-4,6-7,9-10,16,18H,5,8,11-15H2,1-2H3,(H,42,43)/t16-,18-/m0/s1. The van der Waals surface area contributed by atoms with Crippen LogP contribution in [0.1, 0.15) is 25.6 Å². The number of likely N-dealkylation sites (tertiary alicyclic amines) is 1. The van der Waals surface area contributed by atoms with Gasteiger partial charge in [0.25, 0.3) is 5.56 Å². The number of nitrogens with zero attached hydrogens (tertiary/aromatic N) is 7. The highest BCUT2D eigenvalue weighted by Crippen LogP contribution is 2.36. The van der Waals surface area contributed by atoms with E-state index in [1.165, 1.54) is 23.1 Å². The molecule has 0 aliphatic carbocycles. The third-order valence-electron chi connectivity index (χ3n) is 8.25. The highest BCUT2D eigenvalue weighted by atomic mass is 35.5. The second-order valence-corrected chi connectivity index (χ2v) is 11.5. The van der Waals surface area contributed by atoms with Crippen molar-refractivity contribution in [3.05, 3.63) is 57.6 Å². The number of ether oxygens (including phenoxy) is 1. The first-order valence-corrected chi connectivity index (χ1v) is 14.5.